The molecular formula is C34H39N3O8S. The Kier molecular flexibility index (Phi) is 9.03. The van der Waals surface area contributed by atoms with Crippen LogP contribution in [0.3, 0.4) is 0 Å². The molecular weight excluding hydrogens is 610 g/mol. The number of carbonyl (C=O) groups is 3. The van der Waals surface area contributed by atoms with Crippen molar-refractivity contribution in [2.75, 3.05) is 13.2 Å². The molecule has 1 heterocycles. The van der Waals surface area contributed by atoms with E-state index < -0.39 is 39.8 Å². The molecule has 0 bridgehead atoms. The molecule has 11 nitrogen and oxygen atoms in total. The number of nitrogens with one attached hydrogen (secondary N) is 3. The predicted molar refractivity (Wildman–Crippen MR) is 172 cm³/mol. The fraction of sp³-hybridized carbons (Fsp3) is 0.382. The minimum absolute atomic E-state index is 0.0232. The number of urea groups is 1. The molecule has 0 radical (unpaired) electrons. The lowest BCUT2D eigenvalue weighted by Gasteiger charge is -2.19. The fourth-order valence-electron chi connectivity index (χ4n) is 6.40. The molecule has 0 saturated heterocycles. The second-order valence-electron chi connectivity index (χ2n) is 12.4. The lowest BCUT2D eigenvalue weighted by Crippen LogP contribution is -2.43. The molecule has 0 spiro atoms. The van der Waals surface area contributed by atoms with E-state index in [1.165, 1.54) is 0 Å². The number of benzene rings is 3. The average molecular weight is 650 g/mol. The largest absolute Gasteiger partial charge is 0.487 e. The molecule has 46 heavy (non-hydrogen) atoms. The summed E-state index contributed by atoms with van der Waals surface area (Å²) in [7, 11) is -4.22. The van der Waals surface area contributed by atoms with Gasteiger partial charge in [0.25, 0.3) is 10.0 Å². The van der Waals surface area contributed by atoms with Crippen LogP contribution in [-0.4, -0.2) is 56.4 Å². The highest BCUT2D eigenvalue weighted by atomic mass is 32.2. The number of alkyl carbamates (subject to hydrolysis) is 1. The quantitative estimate of drug-likeness (QED) is 0.221. The molecule has 1 unspecified atom stereocenters. The number of sulfonamides is 1. The molecule has 3 amide bonds. The van der Waals surface area contributed by atoms with Gasteiger partial charge in [-0.2, -0.15) is 0 Å². The molecule has 5 rings (SSSR count). The summed E-state index contributed by atoms with van der Waals surface area (Å²) in [5.74, 6) is -0.748. The van der Waals surface area contributed by atoms with Crippen LogP contribution in [0.5, 0.6) is 5.75 Å². The van der Waals surface area contributed by atoms with Gasteiger partial charge in [-0.15, -0.1) is 0 Å². The number of carbonyl (C=O) groups excluding carboxylic acids is 2. The van der Waals surface area contributed by atoms with Gasteiger partial charge >= 0.3 is 18.1 Å². The van der Waals surface area contributed by atoms with Crippen LogP contribution < -0.4 is 20.1 Å². The number of amides is 3. The van der Waals surface area contributed by atoms with E-state index >= 15 is 0 Å². The molecule has 12 heteroatoms. The molecule has 244 valence electrons. The summed E-state index contributed by atoms with van der Waals surface area (Å²) in [5, 5.41) is 14.5. The summed E-state index contributed by atoms with van der Waals surface area (Å²) in [6, 6.07) is 13.6. The van der Waals surface area contributed by atoms with Gasteiger partial charge in [-0.25, -0.2) is 27.5 Å². The topological polar surface area (TPSA) is 160 Å². The van der Waals surface area contributed by atoms with Crippen molar-refractivity contribution in [1.82, 2.24) is 15.4 Å². The standard InChI is InChI=1S/C34H39N3O8S/c1-19-20(2)30(21(3)26-17-34(4,5)45-29(19)26)46(42,43)37-32(40)35-16-10-15-28(31(38)39)36-33(41)44-18-27-24-13-8-6-11-22(24)23-12-7-9-14-25(23)27/h6-9,11-14,27-28H,10,15-18H2,1-5H3,(H,36,41)(H,38,39)(H2,35,37,40). The van der Waals surface area contributed by atoms with Crippen molar-refractivity contribution < 1.29 is 37.4 Å². The van der Waals surface area contributed by atoms with Gasteiger partial charge in [0.2, 0.25) is 0 Å². The average Bonchev–Trinajstić information content (AvgIpc) is 3.50. The number of carboxylic acids is 1. The third-order valence-corrected chi connectivity index (χ3v) is 10.3. The van der Waals surface area contributed by atoms with Crippen molar-refractivity contribution in [2.45, 2.75) is 76.3 Å². The zero-order valence-electron chi connectivity index (χ0n) is 26.5. The zero-order valence-corrected chi connectivity index (χ0v) is 27.3. The molecule has 1 aliphatic carbocycles. The van der Waals surface area contributed by atoms with E-state index in [4.69, 9.17) is 9.47 Å². The van der Waals surface area contributed by atoms with E-state index in [0.717, 1.165) is 27.8 Å². The maximum absolute atomic E-state index is 13.3. The monoisotopic (exact) mass is 649 g/mol. The van der Waals surface area contributed by atoms with Crippen LogP contribution >= 0.6 is 0 Å². The summed E-state index contributed by atoms with van der Waals surface area (Å²) in [6.45, 7) is 9.06. The molecule has 2 aliphatic rings. The highest BCUT2D eigenvalue weighted by Crippen LogP contribution is 2.45. The second kappa shape index (κ2) is 12.7. The van der Waals surface area contributed by atoms with E-state index in [2.05, 4.69) is 15.4 Å². The highest BCUT2D eigenvalue weighted by Gasteiger charge is 2.37. The predicted octanol–water partition coefficient (Wildman–Crippen LogP) is 5.09. The van der Waals surface area contributed by atoms with E-state index in [0.29, 0.717) is 28.9 Å². The maximum Gasteiger partial charge on any atom is 0.407 e. The fourth-order valence-corrected chi connectivity index (χ4v) is 7.91. The molecule has 1 aliphatic heterocycles. The molecule has 1 atom stereocenters. The Morgan fingerprint density at radius 3 is 2.20 bits per heavy atom. The molecule has 0 saturated carbocycles. The first kappa shape index (κ1) is 32.8. The smallest absolute Gasteiger partial charge is 0.407 e. The Balaban J connectivity index is 1.12. The van der Waals surface area contributed by atoms with E-state index in [-0.39, 0.29) is 36.8 Å². The van der Waals surface area contributed by atoms with Crippen LogP contribution in [0.2, 0.25) is 0 Å². The van der Waals surface area contributed by atoms with Crippen molar-refractivity contribution >= 4 is 28.1 Å². The number of hydrogen-bond donors (Lipinski definition) is 4. The van der Waals surface area contributed by atoms with E-state index in [9.17, 15) is 27.9 Å². The number of rotatable bonds is 10. The van der Waals surface area contributed by atoms with Crippen LogP contribution in [0.1, 0.15) is 66.0 Å². The third kappa shape index (κ3) is 6.53. The number of ether oxygens (including phenoxy) is 2. The Morgan fingerprint density at radius 2 is 1.59 bits per heavy atom. The van der Waals surface area contributed by atoms with Crippen LogP contribution in [0.25, 0.3) is 11.1 Å². The first-order valence-electron chi connectivity index (χ1n) is 15.2. The van der Waals surface area contributed by atoms with Crippen molar-refractivity contribution in [3.63, 3.8) is 0 Å². The summed E-state index contributed by atoms with van der Waals surface area (Å²) in [6.07, 6.45) is -0.199. The molecule has 0 aromatic heterocycles. The SMILES string of the molecule is Cc1c(C)c(S(=O)(=O)NC(=O)NCCCC(NC(=O)OCC2c3ccccc3-c3ccccc32)C(=O)O)c(C)c2c1OC(C)(C)C2. The van der Waals surface area contributed by atoms with E-state index in [1.54, 1.807) is 20.8 Å². The second-order valence-corrected chi connectivity index (χ2v) is 14.0. The Morgan fingerprint density at radius 1 is 0.978 bits per heavy atom. The highest BCUT2D eigenvalue weighted by molar-refractivity contribution is 7.90. The molecule has 0 fully saturated rings. The van der Waals surface area contributed by atoms with Gasteiger partial charge in [-0.05, 0) is 86.4 Å². The zero-order chi connectivity index (χ0) is 33.4. The number of carboxylic acid groups (broad SMARTS) is 1. The summed E-state index contributed by atoms with van der Waals surface area (Å²) < 4.78 is 40.2. The minimum atomic E-state index is -4.22. The Bertz CT molecular complexity index is 1770. The summed E-state index contributed by atoms with van der Waals surface area (Å²) in [5.41, 5.74) is 6.29. The van der Waals surface area contributed by atoms with Gasteiger partial charge in [0, 0.05) is 24.4 Å². The normalized spacial score (nSPS) is 15.2. The van der Waals surface area contributed by atoms with Crippen molar-refractivity contribution in [1.29, 1.82) is 0 Å². The van der Waals surface area contributed by atoms with Gasteiger partial charge in [0.1, 0.15) is 24.0 Å². The van der Waals surface area contributed by atoms with Gasteiger partial charge in [0.15, 0.2) is 0 Å². The number of fused-ring (bicyclic) bond motifs is 4. The first-order chi connectivity index (χ1) is 21.7. The van der Waals surface area contributed by atoms with Crippen LogP contribution in [-0.2, 0) is 26.0 Å². The van der Waals surface area contributed by atoms with Crippen LogP contribution in [0.4, 0.5) is 9.59 Å². The molecule has 3 aromatic rings. The lowest BCUT2D eigenvalue weighted by molar-refractivity contribution is -0.139. The Labute approximate surface area is 268 Å². The maximum atomic E-state index is 13.3. The van der Waals surface area contributed by atoms with Crippen LogP contribution in [0, 0.1) is 20.8 Å². The van der Waals surface area contributed by atoms with Gasteiger partial charge in [0.05, 0.1) is 4.90 Å². The number of hydrogen-bond acceptors (Lipinski definition) is 7. The first-order valence-corrected chi connectivity index (χ1v) is 16.6. The van der Waals surface area contributed by atoms with Crippen molar-refractivity contribution in [3.8, 4) is 16.9 Å². The van der Waals surface area contributed by atoms with Gasteiger partial charge in [-0.3, -0.25) is 0 Å². The molecule has 3 aromatic carbocycles. The third-order valence-electron chi connectivity index (χ3n) is 8.68. The molecule has 4 N–H and O–H groups in total. The minimum Gasteiger partial charge on any atom is -0.487 e. The van der Waals surface area contributed by atoms with Crippen molar-refractivity contribution in [3.05, 3.63) is 81.9 Å². The Hall–Kier alpha value is -4.58. The van der Waals surface area contributed by atoms with Crippen LogP contribution in [0.15, 0.2) is 53.4 Å². The summed E-state index contributed by atoms with van der Waals surface area (Å²) in [4.78, 5) is 37.1. The van der Waals surface area contributed by atoms with Gasteiger partial charge in [-0.1, -0.05) is 48.5 Å². The lowest BCUT2D eigenvalue weighted by atomic mass is 9.94. The van der Waals surface area contributed by atoms with E-state index in [1.807, 2.05) is 62.4 Å². The summed E-state index contributed by atoms with van der Waals surface area (Å²) >= 11 is 0. The van der Waals surface area contributed by atoms with Gasteiger partial charge < -0.3 is 25.2 Å². The van der Waals surface area contributed by atoms with Crippen molar-refractivity contribution in [2.24, 2.45) is 0 Å². The number of aliphatic carboxylic acids is 1.